The van der Waals surface area contributed by atoms with E-state index in [2.05, 4.69) is 5.32 Å². The van der Waals surface area contributed by atoms with E-state index in [-0.39, 0.29) is 30.0 Å². The first-order chi connectivity index (χ1) is 13.5. The van der Waals surface area contributed by atoms with Gasteiger partial charge in [0, 0.05) is 0 Å². The molecule has 7 heteroatoms. The number of methoxy groups -OCH3 is 1. The molecule has 0 fully saturated rings. The maximum atomic E-state index is 12.3. The predicted molar refractivity (Wildman–Crippen MR) is 106 cm³/mol. The first-order valence-corrected chi connectivity index (χ1v) is 8.72. The Morgan fingerprint density at radius 1 is 1.14 bits per heavy atom. The van der Waals surface area contributed by atoms with Crippen LogP contribution in [-0.2, 0) is 4.79 Å². The molecule has 0 radical (unpaired) electrons. The molecule has 0 spiro atoms. The second kappa shape index (κ2) is 8.39. The third-order valence-corrected chi connectivity index (χ3v) is 4.39. The fraction of sp³-hybridized carbons (Fsp3) is 0.190. The Bertz CT molecular complexity index is 1010. The molecule has 28 heavy (non-hydrogen) atoms. The molecule has 0 aliphatic carbocycles. The van der Waals surface area contributed by atoms with Gasteiger partial charge in [0.1, 0.15) is 5.75 Å². The minimum atomic E-state index is -0.575. The Balaban J connectivity index is 1.68. The number of hydrogen-bond donors (Lipinski definition) is 1. The number of nitrogens with zero attached hydrogens (tertiary/aromatic N) is 1. The number of nitrogens with one attached hydrogen (secondary N) is 1. The first kappa shape index (κ1) is 19.2. The first-order valence-electron chi connectivity index (χ1n) is 8.72. The Hall–Kier alpha value is -3.61. The molecule has 144 valence electrons. The van der Waals surface area contributed by atoms with E-state index in [9.17, 15) is 14.9 Å². The maximum absolute atomic E-state index is 12.3. The predicted octanol–water partition coefficient (Wildman–Crippen LogP) is 4.01. The summed E-state index contributed by atoms with van der Waals surface area (Å²) >= 11 is 0. The van der Waals surface area contributed by atoms with Crippen LogP contribution in [0.15, 0.2) is 60.7 Å². The second-order valence-electron chi connectivity index (χ2n) is 6.24. The summed E-state index contributed by atoms with van der Waals surface area (Å²) in [5, 5.41) is 16.2. The number of carbonyl (C=O) groups is 1. The third-order valence-electron chi connectivity index (χ3n) is 4.39. The van der Waals surface area contributed by atoms with Gasteiger partial charge >= 0.3 is 5.69 Å². The molecule has 0 heterocycles. The molecule has 7 nitrogen and oxygen atoms in total. The lowest BCUT2D eigenvalue weighted by molar-refractivity contribution is -0.385. The molecule has 1 atom stereocenters. The SMILES string of the molecule is COc1ccc(OCC(=O)NC(C)c2cccc3ccccc23)c([N+](=O)[O-])c1. The molecule has 1 N–H and O–H groups in total. The highest BCUT2D eigenvalue weighted by Gasteiger charge is 2.18. The zero-order valence-electron chi connectivity index (χ0n) is 15.5. The lowest BCUT2D eigenvalue weighted by Crippen LogP contribution is -2.31. The smallest absolute Gasteiger partial charge is 0.314 e. The van der Waals surface area contributed by atoms with Crippen LogP contribution in [0.4, 0.5) is 5.69 Å². The van der Waals surface area contributed by atoms with Crippen LogP contribution in [0.3, 0.4) is 0 Å². The van der Waals surface area contributed by atoms with Gasteiger partial charge in [-0.2, -0.15) is 0 Å². The number of benzene rings is 3. The highest BCUT2D eigenvalue weighted by molar-refractivity contribution is 5.87. The quantitative estimate of drug-likeness (QED) is 0.494. The van der Waals surface area contributed by atoms with E-state index in [0.717, 1.165) is 16.3 Å². The van der Waals surface area contributed by atoms with Gasteiger partial charge in [-0.1, -0.05) is 42.5 Å². The highest BCUT2D eigenvalue weighted by Crippen LogP contribution is 2.31. The molecule has 0 saturated heterocycles. The van der Waals surface area contributed by atoms with Crippen molar-refractivity contribution < 1.29 is 19.2 Å². The summed E-state index contributed by atoms with van der Waals surface area (Å²) in [6.45, 7) is 1.55. The Morgan fingerprint density at radius 2 is 1.89 bits per heavy atom. The summed E-state index contributed by atoms with van der Waals surface area (Å²) in [4.78, 5) is 22.9. The van der Waals surface area contributed by atoms with E-state index >= 15 is 0 Å². The van der Waals surface area contributed by atoms with E-state index in [0.29, 0.717) is 5.75 Å². The summed E-state index contributed by atoms with van der Waals surface area (Å²) in [5.41, 5.74) is 0.733. The normalized spacial score (nSPS) is 11.6. The van der Waals surface area contributed by atoms with Crippen LogP contribution in [0.2, 0.25) is 0 Å². The van der Waals surface area contributed by atoms with Crippen molar-refractivity contribution in [3.63, 3.8) is 0 Å². The molecule has 3 aromatic carbocycles. The molecule has 0 aromatic heterocycles. The molecule has 0 saturated carbocycles. The molecule has 3 rings (SSSR count). The summed E-state index contributed by atoms with van der Waals surface area (Å²) in [7, 11) is 1.42. The average molecular weight is 380 g/mol. The van der Waals surface area contributed by atoms with Gasteiger partial charge in [-0.25, -0.2) is 0 Å². The van der Waals surface area contributed by atoms with Crippen molar-refractivity contribution in [2.45, 2.75) is 13.0 Å². The van der Waals surface area contributed by atoms with Crippen LogP contribution in [0.1, 0.15) is 18.5 Å². The summed E-state index contributed by atoms with van der Waals surface area (Å²) in [5.74, 6) is -0.0163. The lowest BCUT2D eigenvalue weighted by atomic mass is 10.00. The van der Waals surface area contributed by atoms with Gasteiger partial charge in [0.05, 0.1) is 24.1 Å². The molecule has 0 bridgehead atoms. The van der Waals surface area contributed by atoms with Gasteiger partial charge in [0.15, 0.2) is 12.4 Å². The molecule has 0 aliphatic rings. The largest absolute Gasteiger partial charge is 0.496 e. The maximum Gasteiger partial charge on any atom is 0.314 e. The average Bonchev–Trinajstić information content (AvgIpc) is 2.71. The summed E-state index contributed by atoms with van der Waals surface area (Å²) in [6.07, 6.45) is 0. The lowest BCUT2D eigenvalue weighted by Gasteiger charge is -2.17. The molecule has 1 unspecified atom stereocenters. The zero-order chi connectivity index (χ0) is 20.1. The van der Waals surface area contributed by atoms with Gasteiger partial charge in [-0.15, -0.1) is 0 Å². The van der Waals surface area contributed by atoms with Crippen molar-refractivity contribution in [3.05, 3.63) is 76.3 Å². The standard InChI is InChI=1S/C21H20N2O5/c1-14(17-9-5-7-15-6-3-4-8-18(15)17)22-21(24)13-28-20-11-10-16(27-2)12-19(20)23(25)26/h3-12,14H,13H2,1-2H3,(H,22,24). The zero-order valence-corrected chi connectivity index (χ0v) is 15.5. The number of nitro benzene ring substituents is 1. The van der Waals surface area contributed by atoms with Gasteiger partial charge in [-0.05, 0) is 35.4 Å². The van der Waals surface area contributed by atoms with Crippen LogP contribution in [0.5, 0.6) is 11.5 Å². The van der Waals surface area contributed by atoms with Crippen molar-refractivity contribution in [3.8, 4) is 11.5 Å². The number of carbonyl (C=O) groups excluding carboxylic acids is 1. The number of nitro groups is 1. The van der Waals surface area contributed by atoms with Crippen molar-refractivity contribution in [2.75, 3.05) is 13.7 Å². The Morgan fingerprint density at radius 3 is 2.64 bits per heavy atom. The van der Waals surface area contributed by atoms with Crippen LogP contribution in [0.25, 0.3) is 10.8 Å². The fourth-order valence-electron chi connectivity index (χ4n) is 3.02. The summed E-state index contributed by atoms with van der Waals surface area (Å²) < 4.78 is 10.4. The number of amides is 1. The van der Waals surface area contributed by atoms with Crippen molar-refractivity contribution in [1.29, 1.82) is 0 Å². The van der Waals surface area contributed by atoms with E-state index in [1.165, 1.54) is 19.2 Å². The fourth-order valence-corrected chi connectivity index (χ4v) is 3.02. The van der Waals surface area contributed by atoms with Gasteiger partial charge in [0.2, 0.25) is 0 Å². The van der Waals surface area contributed by atoms with E-state index in [4.69, 9.17) is 9.47 Å². The van der Waals surface area contributed by atoms with Crippen molar-refractivity contribution in [1.82, 2.24) is 5.32 Å². The third kappa shape index (κ3) is 4.20. The van der Waals surface area contributed by atoms with Crippen LogP contribution < -0.4 is 14.8 Å². The monoisotopic (exact) mass is 380 g/mol. The molecule has 3 aromatic rings. The van der Waals surface area contributed by atoms with E-state index in [1.807, 2.05) is 49.4 Å². The van der Waals surface area contributed by atoms with Gasteiger partial charge < -0.3 is 14.8 Å². The van der Waals surface area contributed by atoms with E-state index in [1.54, 1.807) is 6.07 Å². The van der Waals surface area contributed by atoms with Gasteiger partial charge in [0.25, 0.3) is 5.91 Å². The highest BCUT2D eigenvalue weighted by atomic mass is 16.6. The van der Waals surface area contributed by atoms with Crippen molar-refractivity contribution in [2.24, 2.45) is 0 Å². The number of fused-ring (bicyclic) bond motifs is 1. The van der Waals surface area contributed by atoms with Gasteiger partial charge in [-0.3, -0.25) is 14.9 Å². The topological polar surface area (TPSA) is 90.7 Å². The van der Waals surface area contributed by atoms with Crippen LogP contribution in [0, 0.1) is 10.1 Å². The molecular weight excluding hydrogens is 360 g/mol. The number of rotatable bonds is 7. The summed E-state index contributed by atoms with van der Waals surface area (Å²) in [6, 6.07) is 17.8. The molecule has 1 amide bonds. The van der Waals surface area contributed by atoms with Crippen LogP contribution in [-0.4, -0.2) is 24.5 Å². The Labute approximate surface area is 162 Å². The molecule has 0 aliphatic heterocycles. The minimum Gasteiger partial charge on any atom is -0.496 e. The van der Waals surface area contributed by atoms with Crippen molar-refractivity contribution >= 4 is 22.4 Å². The second-order valence-corrected chi connectivity index (χ2v) is 6.24. The molecular formula is C21H20N2O5. The number of hydrogen-bond acceptors (Lipinski definition) is 5. The number of ether oxygens (including phenoxy) is 2. The minimum absolute atomic E-state index is 0.0127. The van der Waals surface area contributed by atoms with Crippen LogP contribution >= 0.6 is 0 Å². The van der Waals surface area contributed by atoms with E-state index < -0.39 is 4.92 Å². The Kier molecular flexibility index (Phi) is 5.74.